The summed E-state index contributed by atoms with van der Waals surface area (Å²) < 4.78 is 39.2. The van der Waals surface area contributed by atoms with Crippen molar-refractivity contribution in [2.75, 3.05) is 65.9 Å². The molecule has 0 bridgehead atoms. The maximum Gasteiger partial charge on any atom is 0.508 e. The molecule has 0 aromatic carbocycles. The van der Waals surface area contributed by atoms with Crippen LogP contribution in [0.1, 0.15) is 130 Å². The van der Waals surface area contributed by atoms with Gasteiger partial charge in [-0.3, -0.25) is 9.59 Å². The van der Waals surface area contributed by atoms with Gasteiger partial charge in [-0.05, 0) is 103 Å². The van der Waals surface area contributed by atoms with Crippen LogP contribution in [0.15, 0.2) is 36.5 Å². The smallest absolute Gasteiger partial charge is 0.465 e. The highest BCUT2D eigenvalue weighted by Crippen LogP contribution is 2.17. The SMILES string of the molecule is CC/C=C\CCOC(O)CCCCC(=O)OCC(COC(=O)CCCCC(OCC/C=C\CC)OCC/C=C\CC)COC(=O)OCC1CCCN(CC)C1. The van der Waals surface area contributed by atoms with Crippen LogP contribution in [0.2, 0.25) is 0 Å². The van der Waals surface area contributed by atoms with E-state index in [0.717, 1.165) is 77.4 Å². The van der Waals surface area contributed by atoms with Gasteiger partial charge in [-0.1, -0.05) is 64.2 Å². The van der Waals surface area contributed by atoms with Gasteiger partial charge in [0.2, 0.25) is 0 Å². The molecule has 3 unspecified atom stereocenters. The van der Waals surface area contributed by atoms with Crippen molar-refractivity contribution in [1.82, 2.24) is 4.90 Å². The Morgan fingerprint density at radius 1 is 0.673 bits per heavy atom. The molecule has 1 fully saturated rings. The van der Waals surface area contributed by atoms with Crippen molar-refractivity contribution >= 4 is 18.1 Å². The first kappa shape index (κ1) is 50.2. The summed E-state index contributed by atoms with van der Waals surface area (Å²) in [6.45, 7) is 12.9. The second kappa shape index (κ2) is 35.6. The van der Waals surface area contributed by atoms with Gasteiger partial charge in [0.1, 0.15) is 19.8 Å². The van der Waals surface area contributed by atoms with Crippen LogP contribution in [0.5, 0.6) is 0 Å². The third-order valence-electron chi connectivity index (χ3n) is 9.02. The van der Waals surface area contributed by atoms with Crippen molar-refractivity contribution in [3.63, 3.8) is 0 Å². The molecule has 0 aromatic heterocycles. The van der Waals surface area contributed by atoms with Crippen molar-refractivity contribution in [3.05, 3.63) is 36.5 Å². The van der Waals surface area contributed by atoms with Crippen LogP contribution in [0, 0.1) is 11.8 Å². The molecule has 0 aromatic rings. The third-order valence-corrected chi connectivity index (χ3v) is 9.02. The van der Waals surface area contributed by atoms with E-state index in [1.165, 1.54) is 0 Å². The van der Waals surface area contributed by atoms with E-state index in [2.05, 4.69) is 63.0 Å². The number of allylic oxidation sites excluding steroid dienone is 3. The van der Waals surface area contributed by atoms with Gasteiger partial charge in [0.05, 0.1) is 32.3 Å². The lowest BCUT2D eigenvalue weighted by atomic mass is 9.99. The predicted molar refractivity (Wildman–Crippen MR) is 214 cm³/mol. The van der Waals surface area contributed by atoms with E-state index in [4.69, 9.17) is 33.2 Å². The number of carbonyl (C=O) groups excluding carboxylic acids is 3. The van der Waals surface area contributed by atoms with Crippen LogP contribution in [0.25, 0.3) is 0 Å². The normalized spacial score (nSPS) is 16.3. The minimum absolute atomic E-state index is 0.0736. The molecule has 12 heteroatoms. The zero-order valence-corrected chi connectivity index (χ0v) is 34.6. The molecule has 1 N–H and O–H groups in total. The number of aliphatic hydroxyl groups is 1. The van der Waals surface area contributed by atoms with Crippen LogP contribution in [0.4, 0.5) is 4.79 Å². The van der Waals surface area contributed by atoms with E-state index in [1.54, 1.807) is 0 Å². The monoisotopic (exact) mass is 782 g/mol. The Labute approximate surface area is 332 Å². The molecule has 0 aliphatic carbocycles. The molecule has 1 heterocycles. The third kappa shape index (κ3) is 30.1. The highest BCUT2D eigenvalue weighted by atomic mass is 16.7. The van der Waals surface area contributed by atoms with E-state index in [0.29, 0.717) is 51.9 Å². The molecule has 55 heavy (non-hydrogen) atoms. The van der Waals surface area contributed by atoms with E-state index in [-0.39, 0.29) is 57.4 Å². The Hall–Kier alpha value is -2.77. The van der Waals surface area contributed by atoms with Crippen LogP contribution in [-0.2, 0) is 42.7 Å². The average molecular weight is 782 g/mol. The molecule has 1 saturated heterocycles. The maximum atomic E-state index is 12.7. The first-order valence-corrected chi connectivity index (χ1v) is 21.1. The highest BCUT2D eigenvalue weighted by Gasteiger charge is 2.22. The van der Waals surface area contributed by atoms with Gasteiger partial charge in [0, 0.05) is 25.3 Å². The summed E-state index contributed by atoms with van der Waals surface area (Å²) in [6.07, 6.45) is 21.8. The molecule has 1 aliphatic heterocycles. The molecular weight excluding hydrogens is 706 g/mol. The Morgan fingerprint density at radius 2 is 1.20 bits per heavy atom. The van der Waals surface area contributed by atoms with Gasteiger partial charge in [-0.15, -0.1) is 0 Å². The molecule has 0 saturated carbocycles. The fraction of sp³-hybridized carbons (Fsp3) is 0.791. The van der Waals surface area contributed by atoms with Gasteiger partial charge < -0.3 is 43.2 Å². The minimum Gasteiger partial charge on any atom is -0.465 e. The Morgan fingerprint density at radius 3 is 1.75 bits per heavy atom. The number of piperidine rings is 1. The summed E-state index contributed by atoms with van der Waals surface area (Å²) in [4.78, 5) is 40.1. The Bertz CT molecular complexity index is 1030. The van der Waals surface area contributed by atoms with Crippen LogP contribution in [0.3, 0.4) is 0 Å². The van der Waals surface area contributed by atoms with Gasteiger partial charge >= 0.3 is 18.1 Å². The number of aliphatic hydroxyl groups excluding tert-OH is 1. The average Bonchev–Trinajstić information content (AvgIpc) is 3.19. The molecule has 0 spiro atoms. The number of hydrogen-bond acceptors (Lipinski definition) is 12. The van der Waals surface area contributed by atoms with Gasteiger partial charge in [-0.2, -0.15) is 0 Å². The van der Waals surface area contributed by atoms with Gasteiger partial charge in [-0.25, -0.2) is 4.79 Å². The number of rotatable bonds is 34. The summed E-state index contributed by atoms with van der Waals surface area (Å²) in [7, 11) is 0. The highest BCUT2D eigenvalue weighted by molar-refractivity contribution is 5.69. The molecule has 1 aliphatic rings. The molecule has 12 nitrogen and oxygen atoms in total. The first-order valence-electron chi connectivity index (χ1n) is 21.1. The second-order valence-corrected chi connectivity index (χ2v) is 14.0. The molecule has 0 amide bonds. The van der Waals surface area contributed by atoms with Crippen molar-refractivity contribution in [3.8, 4) is 0 Å². The fourth-order valence-electron chi connectivity index (χ4n) is 5.83. The van der Waals surface area contributed by atoms with Gasteiger partial charge in [0.15, 0.2) is 12.6 Å². The van der Waals surface area contributed by atoms with Crippen molar-refractivity contribution < 1.29 is 52.6 Å². The molecule has 318 valence electrons. The summed E-state index contributed by atoms with van der Waals surface area (Å²) in [5, 5.41) is 10.0. The van der Waals surface area contributed by atoms with Gasteiger partial charge in [0.25, 0.3) is 0 Å². The molecule has 3 atom stereocenters. The van der Waals surface area contributed by atoms with Crippen molar-refractivity contribution in [1.29, 1.82) is 0 Å². The minimum atomic E-state index is -0.871. The van der Waals surface area contributed by atoms with E-state index in [9.17, 15) is 19.5 Å². The summed E-state index contributed by atoms with van der Waals surface area (Å²) in [6, 6.07) is 0. The number of nitrogens with zero attached hydrogens (tertiary/aromatic N) is 1. The number of hydrogen-bond donors (Lipinski definition) is 1. The standard InChI is InChI=1S/C43H75NO11/c1-5-9-12-19-29-49-39(45)24-15-16-25-40(46)52-34-38(36-55-43(48)54-33-37-23-22-28-44(8-4)32-37)35-53-41(47)26-17-18-27-42(50-30-20-13-10-6-2)51-31-21-14-11-7-3/h9-14,37-39,42,45H,5-8,15-36H2,1-4H3/b12-9-,13-10-,14-11-. The Balaban J connectivity index is 2.54. The zero-order valence-electron chi connectivity index (χ0n) is 34.6. The van der Waals surface area contributed by atoms with Crippen LogP contribution < -0.4 is 0 Å². The lowest BCUT2D eigenvalue weighted by Gasteiger charge is -2.31. The predicted octanol–water partition coefficient (Wildman–Crippen LogP) is 8.46. The summed E-state index contributed by atoms with van der Waals surface area (Å²) in [5.74, 6) is -1.10. The molecule has 0 radical (unpaired) electrons. The number of unbranched alkanes of at least 4 members (excludes halogenated alkanes) is 2. The number of likely N-dealkylation sites (tertiary alicyclic amines) is 1. The fourth-order valence-corrected chi connectivity index (χ4v) is 5.83. The maximum absolute atomic E-state index is 12.7. The van der Waals surface area contributed by atoms with Crippen LogP contribution >= 0.6 is 0 Å². The topological polar surface area (TPSA) is 139 Å². The van der Waals surface area contributed by atoms with Crippen molar-refractivity contribution in [2.45, 2.75) is 143 Å². The Kier molecular flexibility index (Phi) is 32.6. The largest absolute Gasteiger partial charge is 0.508 e. The van der Waals surface area contributed by atoms with Crippen LogP contribution in [-0.4, -0.2) is 107 Å². The van der Waals surface area contributed by atoms with Crippen molar-refractivity contribution in [2.24, 2.45) is 11.8 Å². The number of ether oxygens (including phenoxy) is 7. The second-order valence-electron chi connectivity index (χ2n) is 14.0. The molecule has 1 rings (SSSR count). The van der Waals surface area contributed by atoms with E-state index >= 15 is 0 Å². The lowest BCUT2D eigenvalue weighted by molar-refractivity contribution is -0.151. The number of esters is 2. The molecular formula is C43H75NO11. The zero-order chi connectivity index (χ0) is 40.2. The summed E-state index contributed by atoms with van der Waals surface area (Å²) >= 11 is 0. The number of carbonyl (C=O) groups is 3. The van der Waals surface area contributed by atoms with E-state index < -0.39 is 24.3 Å². The first-order chi connectivity index (χ1) is 26.8. The summed E-state index contributed by atoms with van der Waals surface area (Å²) in [5.41, 5.74) is 0. The quantitative estimate of drug-likeness (QED) is 0.0220. The van der Waals surface area contributed by atoms with E-state index in [1.807, 2.05) is 6.08 Å². The lowest BCUT2D eigenvalue weighted by Crippen LogP contribution is -2.37.